The van der Waals surface area contributed by atoms with Crippen LogP contribution in [0.5, 0.6) is 0 Å². The Balaban J connectivity index is 3.61. The third-order valence-electron chi connectivity index (χ3n) is 4.14. The molecule has 3 N–H and O–H groups in total. The van der Waals surface area contributed by atoms with Crippen LogP contribution in [0, 0.1) is 0 Å². The Hall–Kier alpha value is -1.95. The second-order valence-corrected chi connectivity index (χ2v) is 7.03. The van der Waals surface area contributed by atoms with E-state index >= 15 is 0 Å². The fraction of sp³-hybridized carbons (Fsp3) is 0.560. The van der Waals surface area contributed by atoms with Crippen LogP contribution in [0.4, 0.5) is 0 Å². The number of rotatable bonds is 18. The number of unbranched alkanes of at least 4 members (excludes halogenated alkanes) is 3. The maximum atomic E-state index is 11.4. The molecule has 0 heterocycles. The summed E-state index contributed by atoms with van der Waals surface area (Å²) in [4.78, 5) is 11.4. The van der Waals surface area contributed by atoms with Crippen LogP contribution in [-0.4, -0.2) is 46.7 Å². The molecule has 2 atom stereocenters. The first-order valence-corrected chi connectivity index (χ1v) is 11.0. The van der Waals surface area contributed by atoms with Gasteiger partial charge in [0, 0.05) is 6.42 Å². The molecule has 5 nitrogen and oxygen atoms in total. The third kappa shape index (κ3) is 20.8. The van der Waals surface area contributed by atoms with E-state index in [1.165, 1.54) is 0 Å². The second-order valence-electron chi connectivity index (χ2n) is 7.03. The van der Waals surface area contributed by atoms with Gasteiger partial charge in [0.1, 0.15) is 12.7 Å². The number of ether oxygens (including phenoxy) is 1. The summed E-state index contributed by atoms with van der Waals surface area (Å²) in [7, 11) is 0. The number of carbonyl (C=O) groups is 1. The fourth-order valence-corrected chi connectivity index (χ4v) is 2.42. The summed E-state index contributed by atoms with van der Waals surface area (Å²) in [5.74, 6) is -0.333. The lowest BCUT2D eigenvalue weighted by Crippen LogP contribution is -2.21. The number of aliphatic hydroxyl groups excluding tert-OH is 3. The lowest BCUT2D eigenvalue weighted by molar-refractivity contribution is -0.147. The molecular weight excluding hydrogens is 380 g/mol. The molecular formula is C25H40O5. The summed E-state index contributed by atoms with van der Waals surface area (Å²) in [6.07, 6.45) is 26.3. The Morgan fingerprint density at radius 2 is 1.63 bits per heavy atom. The molecule has 0 saturated carbocycles. The second kappa shape index (κ2) is 21.8. The number of allylic oxidation sites excluding steroid dienone is 8. The highest BCUT2D eigenvalue weighted by molar-refractivity contribution is 5.69. The Bertz CT molecular complexity index is 546. The van der Waals surface area contributed by atoms with Crippen LogP contribution in [-0.2, 0) is 9.53 Å². The van der Waals surface area contributed by atoms with Crippen LogP contribution < -0.4 is 0 Å². The minimum atomic E-state index is -0.993. The van der Waals surface area contributed by atoms with E-state index in [2.05, 4.69) is 43.4 Å². The van der Waals surface area contributed by atoms with Gasteiger partial charge >= 0.3 is 5.97 Å². The predicted molar refractivity (Wildman–Crippen MR) is 123 cm³/mol. The molecule has 2 unspecified atom stereocenters. The first-order chi connectivity index (χ1) is 14.6. The van der Waals surface area contributed by atoms with Gasteiger partial charge in [0.2, 0.25) is 0 Å². The molecule has 0 aromatic carbocycles. The van der Waals surface area contributed by atoms with Crippen LogP contribution >= 0.6 is 0 Å². The van der Waals surface area contributed by atoms with Crippen LogP contribution in [0.1, 0.15) is 64.7 Å². The first-order valence-electron chi connectivity index (χ1n) is 11.0. The van der Waals surface area contributed by atoms with E-state index in [0.717, 1.165) is 44.9 Å². The number of esters is 1. The molecule has 0 amide bonds. The summed E-state index contributed by atoms with van der Waals surface area (Å²) in [6.45, 7) is 1.56. The number of hydrogen-bond acceptors (Lipinski definition) is 5. The maximum absolute atomic E-state index is 11.4. The molecule has 0 saturated heterocycles. The van der Waals surface area contributed by atoms with Crippen molar-refractivity contribution in [1.82, 2.24) is 0 Å². The van der Waals surface area contributed by atoms with Gasteiger partial charge in [0.25, 0.3) is 0 Å². The van der Waals surface area contributed by atoms with Crippen molar-refractivity contribution in [2.24, 2.45) is 0 Å². The molecule has 0 spiro atoms. The zero-order chi connectivity index (χ0) is 22.3. The van der Waals surface area contributed by atoms with E-state index < -0.39 is 18.8 Å². The van der Waals surface area contributed by atoms with Crippen molar-refractivity contribution in [2.75, 3.05) is 13.2 Å². The molecule has 0 rings (SSSR count). The van der Waals surface area contributed by atoms with Gasteiger partial charge in [0.15, 0.2) is 0 Å². The van der Waals surface area contributed by atoms with Gasteiger partial charge in [-0.1, -0.05) is 74.1 Å². The van der Waals surface area contributed by atoms with Crippen molar-refractivity contribution >= 4 is 5.97 Å². The average Bonchev–Trinajstić information content (AvgIpc) is 2.75. The Morgan fingerprint density at radius 1 is 0.900 bits per heavy atom. The molecule has 0 radical (unpaired) electrons. The Labute approximate surface area is 182 Å². The van der Waals surface area contributed by atoms with Gasteiger partial charge < -0.3 is 20.1 Å². The molecule has 0 bridgehead atoms. The van der Waals surface area contributed by atoms with Crippen LogP contribution in [0.25, 0.3) is 0 Å². The normalized spacial score (nSPS) is 14.7. The minimum Gasteiger partial charge on any atom is -0.463 e. The lowest BCUT2D eigenvalue weighted by Gasteiger charge is -2.08. The SMILES string of the molecule is CCC=CCC=CC=CC(O)CC=CCC=CCCCCCC(=O)OCC(O)CO. The molecule has 0 aromatic heterocycles. The molecule has 0 aliphatic heterocycles. The van der Waals surface area contributed by atoms with E-state index in [9.17, 15) is 9.90 Å². The van der Waals surface area contributed by atoms with Crippen molar-refractivity contribution in [3.63, 3.8) is 0 Å². The van der Waals surface area contributed by atoms with E-state index in [0.29, 0.717) is 12.8 Å². The van der Waals surface area contributed by atoms with Gasteiger partial charge in [-0.05, 0) is 44.9 Å². The number of aliphatic hydroxyl groups is 3. The topological polar surface area (TPSA) is 87.0 Å². The fourth-order valence-electron chi connectivity index (χ4n) is 2.42. The standard InChI is InChI=1S/C25H40O5/c1-2-3-4-5-9-12-15-18-23(27)19-16-13-10-7-6-8-11-14-17-20-25(29)30-22-24(28)21-26/h3-4,6-7,9,12-13,15-16,18,23-24,26-28H,2,5,8,10-11,14,17,19-22H2,1H3. The molecule has 30 heavy (non-hydrogen) atoms. The van der Waals surface area contributed by atoms with Crippen molar-refractivity contribution in [3.8, 4) is 0 Å². The monoisotopic (exact) mass is 420 g/mol. The highest BCUT2D eigenvalue weighted by Crippen LogP contribution is 2.06. The molecule has 170 valence electrons. The average molecular weight is 421 g/mol. The molecule has 0 aliphatic carbocycles. The smallest absolute Gasteiger partial charge is 0.305 e. The van der Waals surface area contributed by atoms with Crippen LogP contribution in [0.2, 0.25) is 0 Å². The summed E-state index contributed by atoms with van der Waals surface area (Å²) < 4.78 is 4.84. The van der Waals surface area contributed by atoms with Gasteiger partial charge in [-0.25, -0.2) is 0 Å². The molecule has 0 aromatic rings. The summed E-state index contributed by atoms with van der Waals surface area (Å²) in [5.41, 5.74) is 0. The summed E-state index contributed by atoms with van der Waals surface area (Å²) in [6, 6.07) is 0. The van der Waals surface area contributed by atoms with Crippen molar-refractivity contribution in [2.45, 2.75) is 76.9 Å². The quantitative estimate of drug-likeness (QED) is 0.131. The van der Waals surface area contributed by atoms with Crippen LogP contribution in [0.3, 0.4) is 0 Å². The number of hydrogen-bond donors (Lipinski definition) is 3. The van der Waals surface area contributed by atoms with Crippen molar-refractivity contribution < 1.29 is 24.9 Å². The van der Waals surface area contributed by atoms with Crippen molar-refractivity contribution in [1.29, 1.82) is 0 Å². The number of carbonyl (C=O) groups excluding carboxylic acids is 1. The van der Waals surface area contributed by atoms with Gasteiger partial charge in [-0.2, -0.15) is 0 Å². The van der Waals surface area contributed by atoms with Gasteiger partial charge in [-0.15, -0.1) is 0 Å². The van der Waals surface area contributed by atoms with Crippen molar-refractivity contribution in [3.05, 3.63) is 60.8 Å². The van der Waals surface area contributed by atoms with Gasteiger partial charge in [0.05, 0.1) is 12.7 Å². The predicted octanol–water partition coefficient (Wildman–Crippen LogP) is 4.56. The van der Waals surface area contributed by atoms with E-state index in [-0.39, 0.29) is 12.6 Å². The first kappa shape index (κ1) is 28.1. The highest BCUT2D eigenvalue weighted by atomic mass is 16.5. The largest absolute Gasteiger partial charge is 0.463 e. The molecule has 0 fully saturated rings. The Morgan fingerprint density at radius 3 is 2.40 bits per heavy atom. The van der Waals surface area contributed by atoms with Gasteiger partial charge in [-0.3, -0.25) is 4.79 Å². The highest BCUT2D eigenvalue weighted by Gasteiger charge is 2.07. The van der Waals surface area contributed by atoms with Crippen LogP contribution in [0.15, 0.2) is 60.8 Å². The molecule has 5 heteroatoms. The Kier molecular flexibility index (Phi) is 20.3. The summed E-state index contributed by atoms with van der Waals surface area (Å²) >= 11 is 0. The van der Waals surface area contributed by atoms with E-state index in [4.69, 9.17) is 14.9 Å². The molecule has 0 aliphatic rings. The summed E-state index contributed by atoms with van der Waals surface area (Å²) in [5, 5.41) is 27.6. The third-order valence-corrected chi connectivity index (χ3v) is 4.14. The lowest BCUT2D eigenvalue weighted by atomic mass is 10.1. The zero-order valence-electron chi connectivity index (χ0n) is 18.4. The van der Waals surface area contributed by atoms with E-state index in [1.54, 1.807) is 6.08 Å². The zero-order valence-corrected chi connectivity index (χ0v) is 18.4. The van der Waals surface area contributed by atoms with E-state index in [1.807, 2.05) is 18.2 Å². The minimum absolute atomic E-state index is 0.146. The maximum Gasteiger partial charge on any atom is 0.305 e.